The molecular weight excluding hydrogens is 452 g/mol. The highest BCUT2D eigenvalue weighted by Crippen LogP contribution is 2.36. The fourth-order valence-corrected chi connectivity index (χ4v) is 5.67. The Labute approximate surface area is 211 Å². The van der Waals surface area contributed by atoms with Gasteiger partial charge in [0.25, 0.3) is 5.91 Å². The largest absolute Gasteiger partial charge is 0.508 e. The first-order valence-electron chi connectivity index (χ1n) is 12.8. The molecule has 0 spiro atoms. The molecule has 0 unspecified atom stereocenters. The van der Waals surface area contributed by atoms with Gasteiger partial charge in [-0.1, -0.05) is 30.3 Å². The smallest absolute Gasteiger partial charge is 0.339 e. The van der Waals surface area contributed by atoms with E-state index in [0.29, 0.717) is 5.56 Å². The second-order valence-corrected chi connectivity index (χ2v) is 9.95. The van der Waals surface area contributed by atoms with Crippen LogP contribution in [0.1, 0.15) is 73.1 Å². The van der Waals surface area contributed by atoms with Crippen LogP contribution in [0.4, 0.5) is 0 Å². The number of esters is 1. The molecule has 1 N–H and O–H groups in total. The maximum Gasteiger partial charge on any atom is 0.339 e. The molecule has 6 heteroatoms. The lowest BCUT2D eigenvalue weighted by molar-refractivity contribution is -0.140. The van der Waals surface area contributed by atoms with Gasteiger partial charge in [0.05, 0.1) is 16.8 Å². The van der Waals surface area contributed by atoms with Crippen LogP contribution in [0, 0.1) is 0 Å². The van der Waals surface area contributed by atoms with Gasteiger partial charge in [0, 0.05) is 17.5 Å². The number of carbonyl (C=O) groups excluding carboxylic acids is 2. The van der Waals surface area contributed by atoms with Gasteiger partial charge in [0.2, 0.25) is 0 Å². The first-order valence-corrected chi connectivity index (χ1v) is 12.8. The number of allylic oxidation sites excluding steroid dienone is 1. The van der Waals surface area contributed by atoms with Gasteiger partial charge in [-0.05, 0) is 93.3 Å². The van der Waals surface area contributed by atoms with E-state index in [1.54, 1.807) is 12.1 Å². The summed E-state index contributed by atoms with van der Waals surface area (Å²) < 4.78 is 5.68. The standard InChI is InChI=1S/C30H32N2O4/c1-19-7-5-8-20(2)32(19)27(34)18-36-30(35)28-24-10-3-4-12-26(24)31-29-22(9-6-11-25(28)29)17-21-13-15-23(33)16-14-21/h3-4,10,12-17,19-20,33H,5-9,11,18H2,1-2H3/b22-17-/t19-,20-/m0/s1. The van der Waals surface area contributed by atoms with Crippen LogP contribution in [0.2, 0.25) is 0 Å². The third-order valence-corrected chi connectivity index (χ3v) is 7.42. The number of likely N-dealkylation sites (tertiary alicyclic amines) is 1. The van der Waals surface area contributed by atoms with E-state index in [-0.39, 0.29) is 30.3 Å². The molecule has 2 aromatic carbocycles. The molecule has 36 heavy (non-hydrogen) atoms. The van der Waals surface area contributed by atoms with Crippen LogP contribution >= 0.6 is 0 Å². The van der Waals surface area contributed by atoms with Gasteiger partial charge < -0.3 is 14.7 Å². The molecule has 2 heterocycles. The summed E-state index contributed by atoms with van der Waals surface area (Å²) in [5.74, 6) is -0.386. The Hall–Kier alpha value is -3.67. The number of aromatic nitrogens is 1. The molecule has 186 valence electrons. The van der Waals surface area contributed by atoms with Crippen LogP contribution in [0.5, 0.6) is 5.75 Å². The maximum absolute atomic E-state index is 13.5. The van der Waals surface area contributed by atoms with Gasteiger partial charge in [0.15, 0.2) is 6.61 Å². The second-order valence-electron chi connectivity index (χ2n) is 9.95. The Bertz CT molecular complexity index is 1320. The average molecular weight is 485 g/mol. The zero-order valence-corrected chi connectivity index (χ0v) is 20.9. The first-order chi connectivity index (χ1) is 17.4. The highest BCUT2D eigenvalue weighted by molar-refractivity contribution is 6.07. The number of carbonyl (C=O) groups is 2. The second kappa shape index (κ2) is 10.1. The number of amides is 1. The number of phenolic OH excluding ortho intramolecular Hbond substituents is 1. The fourth-order valence-electron chi connectivity index (χ4n) is 5.67. The van der Waals surface area contributed by atoms with Crippen molar-refractivity contribution in [1.82, 2.24) is 9.88 Å². The van der Waals surface area contributed by atoms with Crippen molar-refractivity contribution in [3.05, 3.63) is 70.9 Å². The molecule has 0 radical (unpaired) electrons. The van der Waals surface area contributed by atoms with E-state index >= 15 is 0 Å². The molecule has 2 aliphatic rings. The molecule has 1 aliphatic carbocycles. The summed E-state index contributed by atoms with van der Waals surface area (Å²) in [6.45, 7) is 3.86. The molecule has 0 saturated carbocycles. The summed E-state index contributed by atoms with van der Waals surface area (Å²) >= 11 is 0. The highest BCUT2D eigenvalue weighted by Gasteiger charge is 2.31. The molecule has 6 nitrogen and oxygen atoms in total. The monoisotopic (exact) mass is 484 g/mol. The topological polar surface area (TPSA) is 79.7 Å². The van der Waals surface area contributed by atoms with Crippen LogP contribution in [0.15, 0.2) is 48.5 Å². The van der Waals surface area contributed by atoms with Crippen molar-refractivity contribution in [1.29, 1.82) is 0 Å². The molecule has 0 bridgehead atoms. The SMILES string of the molecule is C[C@H]1CCC[C@H](C)N1C(=O)COC(=O)c1c2c(nc3ccccc13)/C(=C\c1ccc(O)cc1)CCC2. The van der Waals surface area contributed by atoms with Crippen LogP contribution in [-0.2, 0) is 16.0 Å². The molecular formula is C30H32N2O4. The van der Waals surface area contributed by atoms with Crippen LogP contribution < -0.4 is 0 Å². The van der Waals surface area contributed by atoms with Crippen molar-refractivity contribution in [3.8, 4) is 5.75 Å². The van der Waals surface area contributed by atoms with Crippen molar-refractivity contribution < 1.29 is 19.4 Å². The molecule has 1 aliphatic heterocycles. The number of phenols is 1. The van der Waals surface area contributed by atoms with Crippen molar-refractivity contribution in [2.45, 2.75) is 64.5 Å². The number of piperidine rings is 1. The summed E-state index contributed by atoms with van der Waals surface area (Å²) in [5.41, 5.74) is 4.94. The number of nitrogens with zero attached hydrogens (tertiary/aromatic N) is 2. The number of para-hydroxylation sites is 1. The van der Waals surface area contributed by atoms with Gasteiger partial charge in [-0.25, -0.2) is 9.78 Å². The number of pyridine rings is 1. The summed E-state index contributed by atoms with van der Waals surface area (Å²) in [5, 5.41) is 10.4. The molecule has 1 fully saturated rings. The quantitative estimate of drug-likeness (QED) is 0.476. The van der Waals surface area contributed by atoms with Gasteiger partial charge in [-0.2, -0.15) is 0 Å². The maximum atomic E-state index is 13.5. The minimum absolute atomic E-state index is 0.136. The summed E-state index contributed by atoms with van der Waals surface area (Å²) in [4.78, 5) is 33.3. The Morgan fingerprint density at radius 2 is 1.75 bits per heavy atom. The van der Waals surface area contributed by atoms with Crippen molar-refractivity contribution in [2.24, 2.45) is 0 Å². The van der Waals surface area contributed by atoms with Gasteiger partial charge >= 0.3 is 5.97 Å². The van der Waals surface area contributed by atoms with E-state index in [1.807, 2.05) is 41.3 Å². The minimum atomic E-state index is -0.471. The lowest BCUT2D eigenvalue weighted by Gasteiger charge is -2.38. The van der Waals surface area contributed by atoms with E-state index in [0.717, 1.165) is 71.8 Å². The Balaban J connectivity index is 1.48. The zero-order chi connectivity index (χ0) is 25.2. The van der Waals surface area contributed by atoms with Gasteiger partial charge in [-0.3, -0.25) is 4.79 Å². The van der Waals surface area contributed by atoms with E-state index in [9.17, 15) is 14.7 Å². The number of hydrogen-bond acceptors (Lipinski definition) is 5. The number of rotatable bonds is 4. The first kappa shape index (κ1) is 24.0. The lowest BCUT2D eigenvalue weighted by Crippen LogP contribution is -2.49. The zero-order valence-electron chi connectivity index (χ0n) is 20.9. The van der Waals surface area contributed by atoms with Crippen molar-refractivity contribution in [2.75, 3.05) is 6.61 Å². The number of aromatic hydroxyl groups is 1. The number of hydrogen-bond donors (Lipinski definition) is 1. The summed E-state index contributed by atoms with van der Waals surface area (Å²) in [6, 6.07) is 15.0. The average Bonchev–Trinajstić information content (AvgIpc) is 2.87. The fraction of sp³-hybridized carbons (Fsp3) is 0.367. The predicted molar refractivity (Wildman–Crippen MR) is 141 cm³/mol. The van der Waals surface area contributed by atoms with E-state index in [2.05, 4.69) is 19.9 Å². The van der Waals surface area contributed by atoms with Gasteiger partial charge in [-0.15, -0.1) is 0 Å². The normalized spacial score (nSPS) is 20.8. The molecule has 1 saturated heterocycles. The lowest BCUT2D eigenvalue weighted by atomic mass is 9.86. The highest BCUT2D eigenvalue weighted by atomic mass is 16.5. The minimum Gasteiger partial charge on any atom is -0.508 e. The van der Waals surface area contributed by atoms with E-state index < -0.39 is 5.97 Å². The van der Waals surface area contributed by atoms with E-state index in [4.69, 9.17) is 9.72 Å². The number of benzene rings is 2. The van der Waals surface area contributed by atoms with E-state index in [1.165, 1.54) is 0 Å². The number of ether oxygens (including phenoxy) is 1. The third-order valence-electron chi connectivity index (χ3n) is 7.42. The Morgan fingerprint density at radius 3 is 2.50 bits per heavy atom. The number of fused-ring (bicyclic) bond motifs is 2. The Kier molecular flexibility index (Phi) is 6.77. The summed E-state index contributed by atoms with van der Waals surface area (Å²) in [7, 11) is 0. The molecule has 1 amide bonds. The van der Waals surface area contributed by atoms with Gasteiger partial charge in [0.1, 0.15) is 5.75 Å². The van der Waals surface area contributed by atoms with Crippen molar-refractivity contribution >= 4 is 34.4 Å². The molecule has 2 atom stereocenters. The predicted octanol–water partition coefficient (Wildman–Crippen LogP) is 5.76. The van der Waals surface area contributed by atoms with Crippen LogP contribution in [0.3, 0.4) is 0 Å². The summed E-state index contributed by atoms with van der Waals surface area (Å²) in [6.07, 6.45) is 7.58. The third kappa shape index (κ3) is 4.72. The van der Waals surface area contributed by atoms with Crippen LogP contribution in [0.25, 0.3) is 22.6 Å². The van der Waals surface area contributed by atoms with Crippen LogP contribution in [-0.4, -0.2) is 45.6 Å². The molecule has 1 aromatic heterocycles. The molecule has 3 aromatic rings. The Morgan fingerprint density at radius 1 is 1.03 bits per heavy atom. The molecule has 5 rings (SSSR count). The van der Waals surface area contributed by atoms with Crippen molar-refractivity contribution in [3.63, 3.8) is 0 Å².